The van der Waals surface area contributed by atoms with Crippen LogP contribution in [0.2, 0.25) is 0 Å². The van der Waals surface area contributed by atoms with E-state index in [1.807, 2.05) is 0 Å². The SMILES string of the molecule is c1ccc(-c2nc(-n3c4ccccc4c4ccc5c6ccc7c8ccccc8n(-c8ccccc8)c7c6n(-c6ccccc6)c5c43)cc(-n3c4ccccc4c4ccc5c6ccc7c8ccccc8n(-c8ccccc8)c7c6n(-c6ccccc6)c5c43)n2)cc1. The Morgan fingerprint density at radius 2 is 0.400 bits per heavy atom. The zero-order valence-electron chi connectivity index (χ0n) is 48.4. The molecule has 20 aromatic rings. The summed E-state index contributed by atoms with van der Waals surface area (Å²) >= 11 is 0. The van der Waals surface area contributed by atoms with E-state index in [2.05, 4.69) is 331 Å². The molecule has 0 atom stereocenters. The van der Waals surface area contributed by atoms with E-state index >= 15 is 0 Å². The zero-order chi connectivity index (χ0) is 58.7. The van der Waals surface area contributed by atoms with Gasteiger partial charge < -0.3 is 18.3 Å². The molecule has 20 rings (SSSR count). The highest BCUT2D eigenvalue weighted by Gasteiger charge is 2.29. The van der Waals surface area contributed by atoms with E-state index in [1.165, 1.54) is 21.5 Å². The third kappa shape index (κ3) is 6.68. The predicted octanol–water partition coefficient (Wildman–Crippen LogP) is 20.7. The minimum Gasteiger partial charge on any atom is -0.307 e. The fourth-order valence-electron chi connectivity index (χ4n) is 15.4. The highest BCUT2D eigenvalue weighted by molar-refractivity contribution is 6.31. The van der Waals surface area contributed by atoms with Gasteiger partial charge in [-0.1, -0.05) is 224 Å². The van der Waals surface area contributed by atoms with Gasteiger partial charge in [-0.25, -0.2) is 9.97 Å². The average molecular weight is 1150 g/mol. The number of hydrogen-bond donors (Lipinski definition) is 0. The molecule has 13 aromatic carbocycles. The Hall–Kier alpha value is -12.3. The predicted molar refractivity (Wildman–Crippen MR) is 374 cm³/mol. The van der Waals surface area contributed by atoms with Gasteiger partial charge in [0.25, 0.3) is 0 Å². The molecule has 7 heterocycles. The van der Waals surface area contributed by atoms with Gasteiger partial charge in [0.2, 0.25) is 0 Å². The smallest absolute Gasteiger partial charge is 0.163 e. The molecule has 0 saturated carbocycles. The Morgan fingerprint density at radius 1 is 0.178 bits per heavy atom. The van der Waals surface area contributed by atoms with E-state index in [-0.39, 0.29) is 0 Å². The van der Waals surface area contributed by atoms with Crippen molar-refractivity contribution in [1.82, 2.24) is 37.4 Å². The van der Waals surface area contributed by atoms with Gasteiger partial charge in [0.15, 0.2) is 5.82 Å². The summed E-state index contributed by atoms with van der Waals surface area (Å²) in [7, 11) is 0. The second-order valence-corrected chi connectivity index (χ2v) is 23.6. The topological polar surface area (TPSA) is 55.4 Å². The van der Waals surface area contributed by atoms with Gasteiger partial charge in [-0.05, 0) is 72.8 Å². The van der Waals surface area contributed by atoms with Crippen molar-refractivity contribution < 1.29 is 0 Å². The third-order valence-electron chi connectivity index (χ3n) is 19.0. The van der Waals surface area contributed by atoms with E-state index < -0.39 is 0 Å². The molecule has 0 aliphatic carbocycles. The highest BCUT2D eigenvalue weighted by Crippen LogP contribution is 2.49. The normalized spacial score (nSPS) is 12.2. The summed E-state index contributed by atoms with van der Waals surface area (Å²) in [5.74, 6) is 2.12. The van der Waals surface area contributed by atoms with Crippen molar-refractivity contribution >= 4 is 131 Å². The Bertz CT molecular complexity index is 6000. The lowest BCUT2D eigenvalue weighted by molar-refractivity contribution is 0.993. The summed E-state index contributed by atoms with van der Waals surface area (Å²) < 4.78 is 14.8. The molecule has 0 aliphatic rings. The molecule has 8 heteroatoms. The molecule has 7 aromatic heterocycles. The number of para-hydroxylation sites is 8. The quantitative estimate of drug-likeness (QED) is 0.160. The van der Waals surface area contributed by atoms with Gasteiger partial charge in [-0.3, -0.25) is 9.13 Å². The van der Waals surface area contributed by atoms with E-state index in [1.54, 1.807) is 0 Å². The Kier molecular flexibility index (Phi) is 10.1. The summed E-state index contributed by atoms with van der Waals surface area (Å²) in [6.45, 7) is 0. The first-order valence-corrected chi connectivity index (χ1v) is 30.8. The molecule has 0 spiro atoms. The molecule has 0 aliphatic heterocycles. The molecule has 0 bridgehead atoms. The fourth-order valence-corrected chi connectivity index (χ4v) is 15.4. The third-order valence-corrected chi connectivity index (χ3v) is 19.0. The standard InChI is InChI=1S/C82H50N8/c1-6-24-51(25-7-1)82-83-72(89-70-40-22-18-36-58(70)62-44-48-66-64-46-42-60-56-34-16-20-38-68(56)85(52-26-8-2-9-27-52)74(60)76(64)87(78(66)80(62)89)54-30-12-4-13-31-54)50-73(84-82)90-71-41-23-19-37-59(71)63-45-49-67-65-47-43-61-57-35-17-21-39-69(57)86(53-28-10-3-11-29-53)75(61)77(65)88(79(67)81(63)90)55-32-14-5-15-33-55/h1-50H. The molecule has 0 amide bonds. The lowest BCUT2D eigenvalue weighted by atomic mass is 10.1. The first-order chi connectivity index (χ1) is 44.7. The lowest BCUT2D eigenvalue weighted by Gasteiger charge is -2.16. The van der Waals surface area contributed by atoms with E-state index in [4.69, 9.17) is 9.97 Å². The van der Waals surface area contributed by atoms with Crippen LogP contribution in [0.4, 0.5) is 0 Å². The van der Waals surface area contributed by atoms with Crippen LogP contribution in [-0.4, -0.2) is 37.4 Å². The van der Waals surface area contributed by atoms with Crippen LogP contribution in [0.25, 0.3) is 177 Å². The highest BCUT2D eigenvalue weighted by atomic mass is 15.2. The fraction of sp³-hybridized carbons (Fsp3) is 0. The largest absolute Gasteiger partial charge is 0.307 e. The van der Waals surface area contributed by atoms with Crippen molar-refractivity contribution in [2.24, 2.45) is 0 Å². The second kappa shape index (κ2) is 18.6. The van der Waals surface area contributed by atoms with Crippen LogP contribution in [0.5, 0.6) is 0 Å². The van der Waals surface area contributed by atoms with E-state index in [9.17, 15) is 0 Å². The maximum atomic E-state index is 5.78. The van der Waals surface area contributed by atoms with Crippen LogP contribution >= 0.6 is 0 Å². The first kappa shape index (κ1) is 48.9. The van der Waals surface area contributed by atoms with Crippen LogP contribution < -0.4 is 0 Å². The molecule has 8 nitrogen and oxygen atoms in total. The lowest BCUT2D eigenvalue weighted by Crippen LogP contribution is -2.07. The van der Waals surface area contributed by atoms with Crippen LogP contribution in [0.1, 0.15) is 0 Å². The summed E-state index contributed by atoms with van der Waals surface area (Å²) in [5, 5.41) is 14.0. The van der Waals surface area contributed by atoms with E-state index in [0.717, 1.165) is 149 Å². The molecule has 90 heavy (non-hydrogen) atoms. The molecule has 0 fully saturated rings. The molecular formula is C82H50N8. The van der Waals surface area contributed by atoms with E-state index in [0.29, 0.717) is 5.82 Å². The average Bonchev–Trinajstić information content (AvgIpc) is 1.55. The van der Waals surface area contributed by atoms with Gasteiger partial charge in [0, 0.05) is 99.0 Å². The molecule has 0 unspecified atom stereocenters. The van der Waals surface area contributed by atoms with Crippen molar-refractivity contribution in [1.29, 1.82) is 0 Å². The van der Waals surface area contributed by atoms with Crippen LogP contribution in [0.3, 0.4) is 0 Å². The number of nitrogens with zero attached hydrogens (tertiary/aromatic N) is 8. The number of hydrogen-bond acceptors (Lipinski definition) is 2. The molecule has 0 radical (unpaired) electrons. The van der Waals surface area contributed by atoms with Crippen molar-refractivity contribution in [2.45, 2.75) is 0 Å². The molecule has 0 N–H and O–H groups in total. The Labute approximate surface area is 514 Å². The summed E-state index contributed by atoms with van der Waals surface area (Å²) in [4.78, 5) is 11.6. The summed E-state index contributed by atoms with van der Waals surface area (Å²) in [6, 6.07) is 110. The minimum absolute atomic E-state index is 0.620. The van der Waals surface area contributed by atoms with Gasteiger partial charge in [0.05, 0.1) is 66.2 Å². The minimum atomic E-state index is 0.620. The zero-order valence-corrected chi connectivity index (χ0v) is 48.4. The molecule has 0 saturated heterocycles. The van der Waals surface area contributed by atoms with Crippen molar-refractivity contribution in [2.75, 3.05) is 0 Å². The van der Waals surface area contributed by atoms with Crippen molar-refractivity contribution in [3.05, 3.63) is 303 Å². The van der Waals surface area contributed by atoms with Crippen LogP contribution in [0, 0.1) is 0 Å². The van der Waals surface area contributed by atoms with Crippen LogP contribution in [-0.2, 0) is 0 Å². The first-order valence-electron chi connectivity index (χ1n) is 30.8. The summed E-state index contributed by atoms with van der Waals surface area (Å²) in [6.07, 6.45) is 0. The monoisotopic (exact) mass is 1150 g/mol. The van der Waals surface area contributed by atoms with Crippen LogP contribution in [0.15, 0.2) is 303 Å². The van der Waals surface area contributed by atoms with Gasteiger partial charge in [0.1, 0.15) is 11.6 Å². The number of aromatic nitrogens is 8. The maximum Gasteiger partial charge on any atom is 0.163 e. The molecule has 418 valence electrons. The molecular weight excluding hydrogens is 1100 g/mol. The van der Waals surface area contributed by atoms with Crippen molar-refractivity contribution in [3.8, 4) is 45.8 Å². The maximum absolute atomic E-state index is 5.78. The van der Waals surface area contributed by atoms with Gasteiger partial charge >= 0.3 is 0 Å². The number of fused-ring (bicyclic) bond motifs is 22. The second-order valence-electron chi connectivity index (χ2n) is 23.6. The van der Waals surface area contributed by atoms with Gasteiger partial charge in [-0.2, -0.15) is 0 Å². The number of benzene rings is 13. The summed E-state index contributed by atoms with van der Waals surface area (Å²) in [5.41, 5.74) is 18.5. The Balaban J connectivity index is 0.957. The number of rotatable bonds is 7. The van der Waals surface area contributed by atoms with Gasteiger partial charge in [-0.15, -0.1) is 0 Å². The Morgan fingerprint density at radius 3 is 0.711 bits per heavy atom. The van der Waals surface area contributed by atoms with Crippen molar-refractivity contribution in [3.63, 3.8) is 0 Å².